The van der Waals surface area contributed by atoms with Crippen LogP contribution in [0.15, 0.2) is 0 Å². The average molecular weight is 419 g/mol. The number of carboxylic acid groups (broad SMARTS) is 1. The highest BCUT2D eigenvalue weighted by Gasteiger charge is 2.60. The van der Waals surface area contributed by atoms with E-state index in [4.69, 9.17) is 9.84 Å². The van der Waals surface area contributed by atoms with Crippen molar-refractivity contribution in [2.45, 2.75) is 104 Å². The SMILES string of the molecule is CC(=O)O[C@@H]1CC[C@@]2(C)[C@H](CC[C@H]3[C@H]4CC[C@H]([C@@H](C)CCC(=O)O)[C@@]4(C)CC[C@H]32)C1. The van der Waals surface area contributed by atoms with Gasteiger partial charge in [0.2, 0.25) is 0 Å². The number of carboxylic acids is 1. The topological polar surface area (TPSA) is 63.6 Å². The summed E-state index contributed by atoms with van der Waals surface area (Å²) in [4.78, 5) is 22.5. The summed E-state index contributed by atoms with van der Waals surface area (Å²) in [7, 11) is 0. The van der Waals surface area contributed by atoms with Gasteiger partial charge in [0.1, 0.15) is 6.10 Å². The lowest BCUT2D eigenvalue weighted by atomic mass is 9.44. The van der Waals surface area contributed by atoms with Crippen LogP contribution in [0.4, 0.5) is 0 Å². The number of rotatable bonds is 5. The van der Waals surface area contributed by atoms with Gasteiger partial charge in [-0.05, 0) is 111 Å². The number of fused-ring (bicyclic) bond motifs is 5. The summed E-state index contributed by atoms with van der Waals surface area (Å²) in [6, 6.07) is 0. The second-order valence-corrected chi connectivity index (χ2v) is 11.8. The number of carbonyl (C=O) groups is 2. The Morgan fingerprint density at radius 2 is 1.70 bits per heavy atom. The monoisotopic (exact) mass is 418 g/mol. The molecule has 0 aliphatic heterocycles. The fourth-order valence-electron chi connectivity index (χ4n) is 9.09. The predicted octanol–water partition coefficient (Wildman–Crippen LogP) is 6.08. The molecule has 30 heavy (non-hydrogen) atoms. The zero-order valence-electron chi connectivity index (χ0n) is 19.5. The van der Waals surface area contributed by atoms with Crippen LogP contribution in [0.5, 0.6) is 0 Å². The van der Waals surface area contributed by atoms with E-state index in [-0.39, 0.29) is 12.1 Å². The molecule has 4 aliphatic carbocycles. The van der Waals surface area contributed by atoms with Crippen LogP contribution in [-0.4, -0.2) is 23.1 Å². The van der Waals surface area contributed by atoms with E-state index in [1.165, 1.54) is 44.9 Å². The second kappa shape index (κ2) is 8.13. The van der Waals surface area contributed by atoms with E-state index >= 15 is 0 Å². The maximum absolute atomic E-state index is 11.5. The maximum atomic E-state index is 11.5. The van der Waals surface area contributed by atoms with E-state index in [2.05, 4.69) is 20.8 Å². The van der Waals surface area contributed by atoms with E-state index in [0.717, 1.165) is 37.0 Å². The van der Waals surface area contributed by atoms with Crippen LogP contribution in [0.25, 0.3) is 0 Å². The smallest absolute Gasteiger partial charge is 0.303 e. The van der Waals surface area contributed by atoms with E-state index in [1.54, 1.807) is 6.92 Å². The minimum atomic E-state index is -0.652. The minimum absolute atomic E-state index is 0.125. The van der Waals surface area contributed by atoms with Crippen LogP contribution in [-0.2, 0) is 14.3 Å². The van der Waals surface area contributed by atoms with Gasteiger partial charge in [-0.2, -0.15) is 0 Å². The Morgan fingerprint density at radius 1 is 1.00 bits per heavy atom. The molecule has 0 aromatic rings. The van der Waals surface area contributed by atoms with Gasteiger partial charge in [-0.1, -0.05) is 20.8 Å². The van der Waals surface area contributed by atoms with E-state index in [1.807, 2.05) is 0 Å². The summed E-state index contributed by atoms with van der Waals surface area (Å²) in [6.07, 6.45) is 12.5. The largest absolute Gasteiger partial charge is 0.481 e. The molecule has 4 aliphatic rings. The third-order valence-corrected chi connectivity index (χ3v) is 10.5. The van der Waals surface area contributed by atoms with Crippen LogP contribution >= 0.6 is 0 Å². The molecule has 0 unspecified atom stereocenters. The summed E-state index contributed by atoms with van der Waals surface area (Å²) >= 11 is 0. The summed E-state index contributed by atoms with van der Waals surface area (Å²) in [5.41, 5.74) is 0.811. The molecule has 4 heteroatoms. The van der Waals surface area contributed by atoms with E-state index in [9.17, 15) is 9.59 Å². The molecular weight excluding hydrogens is 376 g/mol. The first-order valence-corrected chi connectivity index (χ1v) is 12.5. The minimum Gasteiger partial charge on any atom is -0.481 e. The second-order valence-electron chi connectivity index (χ2n) is 11.8. The lowest BCUT2D eigenvalue weighted by Crippen LogP contribution is -2.54. The quantitative estimate of drug-likeness (QED) is 0.550. The Bertz CT molecular complexity index is 674. The van der Waals surface area contributed by atoms with Gasteiger partial charge in [-0.3, -0.25) is 9.59 Å². The van der Waals surface area contributed by atoms with Crippen LogP contribution in [0.1, 0.15) is 98.3 Å². The Morgan fingerprint density at radius 3 is 2.40 bits per heavy atom. The van der Waals surface area contributed by atoms with Crippen molar-refractivity contribution in [1.82, 2.24) is 0 Å². The summed E-state index contributed by atoms with van der Waals surface area (Å²) in [5, 5.41) is 9.13. The number of carbonyl (C=O) groups excluding carboxylic acids is 1. The summed E-state index contributed by atoms with van der Waals surface area (Å²) < 4.78 is 5.61. The number of ether oxygens (including phenoxy) is 1. The van der Waals surface area contributed by atoms with Crippen molar-refractivity contribution < 1.29 is 19.4 Å². The van der Waals surface area contributed by atoms with Gasteiger partial charge in [0.25, 0.3) is 0 Å². The molecule has 0 amide bonds. The van der Waals surface area contributed by atoms with Gasteiger partial charge in [0, 0.05) is 13.3 Å². The zero-order chi connectivity index (χ0) is 21.7. The number of aliphatic carboxylic acids is 1. The Hall–Kier alpha value is -1.06. The molecule has 4 fully saturated rings. The zero-order valence-corrected chi connectivity index (χ0v) is 19.5. The molecule has 0 aromatic heterocycles. The molecule has 0 heterocycles. The average Bonchev–Trinajstić information content (AvgIpc) is 3.03. The molecule has 170 valence electrons. The standard InChI is InChI=1S/C26H42O4/c1-16(5-10-24(28)29)21-8-9-22-20-7-6-18-15-19(30-17(2)27)11-13-25(18,3)23(20)12-14-26(21,22)4/h16,18-23H,5-15H2,1-4H3,(H,28,29)/t16-,18+,19+,20-,21+,22+,23+,25-,26+/m0/s1. The molecule has 1 N–H and O–H groups in total. The van der Waals surface area contributed by atoms with Crippen molar-refractivity contribution in [2.75, 3.05) is 0 Å². The molecule has 0 bridgehead atoms. The van der Waals surface area contributed by atoms with Gasteiger partial charge in [0.15, 0.2) is 0 Å². The molecule has 0 radical (unpaired) electrons. The molecule has 9 atom stereocenters. The first kappa shape index (κ1) is 22.1. The third-order valence-electron chi connectivity index (χ3n) is 10.5. The highest BCUT2D eigenvalue weighted by molar-refractivity contribution is 5.66. The van der Waals surface area contributed by atoms with E-state index in [0.29, 0.717) is 35.0 Å². The predicted molar refractivity (Wildman–Crippen MR) is 117 cm³/mol. The first-order chi connectivity index (χ1) is 14.1. The van der Waals surface area contributed by atoms with Crippen LogP contribution in [0.3, 0.4) is 0 Å². The summed E-state index contributed by atoms with van der Waals surface area (Å²) in [6.45, 7) is 8.96. The Balaban J connectivity index is 1.47. The van der Waals surface area contributed by atoms with Crippen LogP contribution < -0.4 is 0 Å². The molecule has 0 aromatic carbocycles. The van der Waals surface area contributed by atoms with Crippen molar-refractivity contribution in [1.29, 1.82) is 0 Å². The lowest BCUT2D eigenvalue weighted by Gasteiger charge is -2.61. The molecule has 4 rings (SSSR count). The molecule has 0 spiro atoms. The van der Waals surface area contributed by atoms with Gasteiger partial charge in [-0.15, -0.1) is 0 Å². The lowest BCUT2D eigenvalue weighted by molar-refractivity contribution is -0.160. The fourth-order valence-corrected chi connectivity index (χ4v) is 9.09. The number of hydrogen-bond acceptors (Lipinski definition) is 3. The third kappa shape index (κ3) is 3.71. The van der Waals surface area contributed by atoms with Gasteiger partial charge < -0.3 is 9.84 Å². The van der Waals surface area contributed by atoms with Crippen molar-refractivity contribution in [3.63, 3.8) is 0 Å². The van der Waals surface area contributed by atoms with Crippen LogP contribution in [0.2, 0.25) is 0 Å². The van der Waals surface area contributed by atoms with Crippen molar-refractivity contribution in [3.8, 4) is 0 Å². The highest BCUT2D eigenvalue weighted by atomic mass is 16.5. The molecule has 4 saturated carbocycles. The maximum Gasteiger partial charge on any atom is 0.303 e. The molecule has 4 nitrogen and oxygen atoms in total. The van der Waals surface area contributed by atoms with Crippen LogP contribution in [0, 0.1) is 46.3 Å². The molecule has 0 saturated heterocycles. The number of esters is 1. The number of hydrogen-bond donors (Lipinski definition) is 1. The Labute approximate surface area is 182 Å². The van der Waals surface area contributed by atoms with Crippen molar-refractivity contribution in [2.24, 2.45) is 46.3 Å². The van der Waals surface area contributed by atoms with Gasteiger partial charge in [0.05, 0.1) is 0 Å². The molecular formula is C26H42O4. The van der Waals surface area contributed by atoms with E-state index < -0.39 is 5.97 Å². The van der Waals surface area contributed by atoms with Crippen molar-refractivity contribution in [3.05, 3.63) is 0 Å². The van der Waals surface area contributed by atoms with Crippen molar-refractivity contribution >= 4 is 11.9 Å². The Kier molecular flexibility index (Phi) is 6.00. The normalized spacial score (nSPS) is 46.3. The fraction of sp³-hybridized carbons (Fsp3) is 0.923. The van der Waals surface area contributed by atoms with Gasteiger partial charge in [-0.25, -0.2) is 0 Å². The van der Waals surface area contributed by atoms with Gasteiger partial charge >= 0.3 is 11.9 Å². The first-order valence-electron chi connectivity index (χ1n) is 12.5. The highest BCUT2D eigenvalue weighted by Crippen LogP contribution is 2.68. The summed E-state index contributed by atoms with van der Waals surface area (Å²) in [5.74, 6) is 3.60.